The molecule has 3 aromatic rings. The van der Waals surface area contributed by atoms with Crippen molar-refractivity contribution in [1.29, 1.82) is 0 Å². The van der Waals surface area contributed by atoms with Crippen molar-refractivity contribution in [2.45, 2.75) is 26.4 Å². The van der Waals surface area contributed by atoms with E-state index in [0.717, 1.165) is 17.7 Å². The molecule has 0 spiro atoms. The Morgan fingerprint density at radius 2 is 1.70 bits per heavy atom. The van der Waals surface area contributed by atoms with Crippen LogP contribution in [0.5, 0.6) is 0 Å². The second kappa shape index (κ2) is 7.66. The Balaban J connectivity index is 1.60. The predicted octanol–water partition coefficient (Wildman–Crippen LogP) is 4.56. The van der Waals surface area contributed by atoms with Crippen LogP contribution in [0.2, 0.25) is 0 Å². The molecule has 0 saturated heterocycles. The van der Waals surface area contributed by atoms with E-state index in [1.54, 1.807) is 34.5 Å². The van der Waals surface area contributed by atoms with Crippen molar-refractivity contribution in [3.63, 3.8) is 0 Å². The summed E-state index contributed by atoms with van der Waals surface area (Å²) in [6, 6.07) is 13.9. The van der Waals surface area contributed by atoms with Crippen LogP contribution < -0.4 is 4.90 Å². The number of fused-ring (bicyclic) bond motifs is 1. The highest BCUT2D eigenvalue weighted by Gasteiger charge is 2.25. The molecule has 1 aromatic carbocycles. The van der Waals surface area contributed by atoms with E-state index in [4.69, 9.17) is 0 Å². The normalized spacial score (nSPS) is 12.9. The third kappa shape index (κ3) is 3.82. The van der Waals surface area contributed by atoms with E-state index in [1.165, 1.54) is 9.75 Å². The zero-order valence-corrected chi connectivity index (χ0v) is 16.7. The molecule has 138 valence electrons. The minimum Gasteiger partial charge on any atom is -0.328 e. The van der Waals surface area contributed by atoms with Crippen molar-refractivity contribution < 1.29 is 9.59 Å². The Labute approximate surface area is 166 Å². The molecule has 3 heterocycles. The van der Waals surface area contributed by atoms with Crippen LogP contribution >= 0.6 is 22.7 Å². The monoisotopic (exact) mass is 396 g/mol. The van der Waals surface area contributed by atoms with Crippen LogP contribution in [-0.2, 0) is 24.3 Å². The summed E-state index contributed by atoms with van der Waals surface area (Å²) in [6.45, 7) is 3.48. The second-order valence-corrected chi connectivity index (χ2v) is 8.65. The zero-order valence-electron chi connectivity index (χ0n) is 15.1. The minimum atomic E-state index is 0.0286. The average molecular weight is 397 g/mol. The number of carbonyl (C=O) groups excluding carboxylic acids is 2. The number of thiophene rings is 2. The highest BCUT2D eigenvalue weighted by atomic mass is 32.1. The lowest BCUT2D eigenvalue weighted by Crippen LogP contribution is -2.29. The number of hydrogen-bond donors (Lipinski definition) is 0. The summed E-state index contributed by atoms with van der Waals surface area (Å²) in [5.74, 6) is 0.0747. The first-order chi connectivity index (χ1) is 13.1. The van der Waals surface area contributed by atoms with Gasteiger partial charge in [0.1, 0.15) is 0 Å². The fourth-order valence-electron chi connectivity index (χ4n) is 3.43. The molecule has 0 saturated carbocycles. The predicted molar refractivity (Wildman–Crippen MR) is 110 cm³/mol. The van der Waals surface area contributed by atoms with Crippen LogP contribution in [0.3, 0.4) is 0 Å². The molecule has 0 atom stereocenters. The number of carbonyl (C=O) groups is 2. The van der Waals surface area contributed by atoms with Gasteiger partial charge in [-0.25, -0.2) is 0 Å². The molecule has 2 aromatic heterocycles. The zero-order chi connectivity index (χ0) is 18.8. The molecule has 1 aliphatic rings. The molecule has 2 amide bonds. The van der Waals surface area contributed by atoms with Crippen LogP contribution in [0.4, 0.5) is 5.69 Å². The third-order valence-corrected chi connectivity index (χ3v) is 6.47. The molecule has 4 rings (SSSR count). The Bertz CT molecular complexity index is 912. The summed E-state index contributed by atoms with van der Waals surface area (Å²) in [6.07, 6.45) is 0.798. The Morgan fingerprint density at radius 1 is 1.04 bits per heavy atom. The van der Waals surface area contributed by atoms with Gasteiger partial charge in [-0.3, -0.25) is 9.59 Å². The fourth-order valence-corrected chi connectivity index (χ4v) is 4.86. The standard InChI is InChI=1S/C21H20N2O2S2/c1-15(24)23-9-8-16-12-17(6-7-20(16)23)21(25)22(13-18-4-2-10-26-18)14-19-5-3-11-27-19/h2-7,10-12H,8-9,13-14H2,1H3. The smallest absolute Gasteiger partial charge is 0.254 e. The molecule has 27 heavy (non-hydrogen) atoms. The maximum Gasteiger partial charge on any atom is 0.254 e. The average Bonchev–Trinajstić information content (AvgIpc) is 3.41. The van der Waals surface area contributed by atoms with Gasteiger partial charge in [0.2, 0.25) is 5.91 Å². The summed E-state index contributed by atoms with van der Waals surface area (Å²) >= 11 is 3.33. The summed E-state index contributed by atoms with van der Waals surface area (Å²) in [4.78, 5) is 31.0. The van der Waals surface area contributed by atoms with Gasteiger partial charge >= 0.3 is 0 Å². The van der Waals surface area contributed by atoms with Gasteiger partial charge in [0.15, 0.2) is 0 Å². The lowest BCUT2D eigenvalue weighted by molar-refractivity contribution is -0.116. The molecule has 1 aliphatic heterocycles. The third-order valence-electron chi connectivity index (χ3n) is 4.74. The Hall–Kier alpha value is -2.44. The summed E-state index contributed by atoms with van der Waals surface area (Å²) < 4.78 is 0. The van der Waals surface area contributed by atoms with Crippen LogP contribution in [0, 0.1) is 0 Å². The lowest BCUT2D eigenvalue weighted by Gasteiger charge is -2.22. The summed E-state index contributed by atoms with van der Waals surface area (Å²) in [7, 11) is 0. The molecule has 0 aliphatic carbocycles. The number of nitrogens with zero attached hydrogens (tertiary/aromatic N) is 2. The van der Waals surface area contributed by atoms with E-state index < -0.39 is 0 Å². The van der Waals surface area contributed by atoms with Crippen molar-refractivity contribution >= 4 is 40.2 Å². The van der Waals surface area contributed by atoms with Gasteiger partial charge in [0.25, 0.3) is 5.91 Å². The van der Waals surface area contributed by atoms with Crippen molar-refractivity contribution in [2.24, 2.45) is 0 Å². The van der Waals surface area contributed by atoms with Crippen molar-refractivity contribution in [3.05, 3.63) is 74.1 Å². The van der Waals surface area contributed by atoms with Gasteiger partial charge in [-0.15, -0.1) is 22.7 Å². The second-order valence-electron chi connectivity index (χ2n) is 6.58. The molecule has 0 radical (unpaired) electrons. The molecule has 6 heteroatoms. The molecule has 0 bridgehead atoms. The number of rotatable bonds is 5. The van der Waals surface area contributed by atoms with Crippen LogP contribution in [0.25, 0.3) is 0 Å². The highest BCUT2D eigenvalue weighted by molar-refractivity contribution is 7.10. The molecular weight excluding hydrogens is 376 g/mol. The van der Waals surface area contributed by atoms with Crippen LogP contribution in [0.1, 0.15) is 32.6 Å². The van der Waals surface area contributed by atoms with Gasteiger partial charge < -0.3 is 9.80 Å². The van der Waals surface area contributed by atoms with E-state index in [-0.39, 0.29) is 11.8 Å². The van der Waals surface area contributed by atoms with E-state index >= 15 is 0 Å². The van der Waals surface area contributed by atoms with Crippen molar-refractivity contribution in [3.8, 4) is 0 Å². The number of anilines is 1. The first-order valence-corrected chi connectivity index (χ1v) is 10.6. The van der Waals surface area contributed by atoms with E-state index in [1.807, 2.05) is 46.0 Å². The number of hydrogen-bond acceptors (Lipinski definition) is 4. The van der Waals surface area contributed by atoms with Gasteiger partial charge in [0.05, 0.1) is 13.1 Å². The van der Waals surface area contributed by atoms with E-state index in [2.05, 4.69) is 12.1 Å². The Kier molecular flexibility index (Phi) is 5.09. The SMILES string of the molecule is CC(=O)N1CCc2cc(C(=O)N(Cc3cccs3)Cc3cccs3)ccc21. The van der Waals surface area contributed by atoms with Gasteiger partial charge in [-0.2, -0.15) is 0 Å². The van der Waals surface area contributed by atoms with Crippen molar-refractivity contribution in [1.82, 2.24) is 4.90 Å². The summed E-state index contributed by atoms with van der Waals surface area (Å²) in [5, 5.41) is 4.07. The van der Waals surface area contributed by atoms with Gasteiger partial charge in [0, 0.05) is 34.5 Å². The van der Waals surface area contributed by atoms with E-state index in [0.29, 0.717) is 25.2 Å². The van der Waals surface area contributed by atoms with Crippen molar-refractivity contribution in [2.75, 3.05) is 11.4 Å². The van der Waals surface area contributed by atoms with Gasteiger partial charge in [-0.05, 0) is 53.1 Å². The van der Waals surface area contributed by atoms with Crippen LogP contribution in [-0.4, -0.2) is 23.3 Å². The van der Waals surface area contributed by atoms with E-state index in [9.17, 15) is 9.59 Å². The van der Waals surface area contributed by atoms with Gasteiger partial charge in [-0.1, -0.05) is 12.1 Å². The number of amides is 2. The Morgan fingerprint density at radius 3 is 2.26 bits per heavy atom. The van der Waals surface area contributed by atoms with Crippen LogP contribution in [0.15, 0.2) is 53.2 Å². The maximum atomic E-state index is 13.3. The quantitative estimate of drug-likeness (QED) is 0.634. The largest absolute Gasteiger partial charge is 0.328 e. The fraction of sp³-hybridized carbons (Fsp3) is 0.238. The first kappa shape index (κ1) is 17.9. The molecule has 0 N–H and O–H groups in total. The molecular formula is C21H20N2O2S2. The minimum absolute atomic E-state index is 0.0286. The molecule has 0 fully saturated rings. The number of benzene rings is 1. The molecule has 0 unspecified atom stereocenters. The topological polar surface area (TPSA) is 40.6 Å². The lowest BCUT2D eigenvalue weighted by atomic mass is 10.1. The molecule has 4 nitrogen and oxygen atoms in total. The first-order valence-electron chi connectivity index (χ1n) is 8.87. The maximum absolute atomic E-state index is 13.3. The summed E-state index contributed by atoms with van der Waals surface area (Å²) in [5.41, 5.74) is 2.69. The highest BCUT2D eigenvalue weighted by Crippen LogP contribution is 2.30.